The highest BCUT2D eigenvalue weighted by molar-refractivity contribution is 5.73. The van der Waals surface area contributed by atoms with Crippen LogP contribution < -0.4 is 5.32 Å². The standard InChI is InChI=1S/C5H9NO2.C4H10O/c7-5(8)4-2-1-3-6-4;1-4(2,3)5/h4,6H,1-3H2,(H,7,8);5H,1-3H3. The maximum absolute atomic E-state index is 10.1. The van der Waals surface area contributed by atoms with E-state index in [0.717, 1.165) is 19.4 Å². The first kappa shape index (κ1) is 12.4. The van der Waals surface area contributed by atoms with Crippen LogP contribution in [0.1, 0.15) is 33.6 Å². The lowest BCUT2D eigenvalue weighted by molar-refractivity contribution is -0.139. The summed E-state index contributed by atoms with van der Waals surface area (Å²) in [7, 11) is 0. The molecule has 0 aromatic rings. The Morgan fingerprint density at radius 2 is 1.92 bits per heavy atom. The fourth-order valence-electron chi connectivity index (χ4n) is 0.895. The van der Waals surface area contributed by atoms with Crippen molar-refractivity contribution >= 4 is 5.97 Å². The van der Waals surface area contributed by atoms with E-state index in [-0.39, 0.29) is 6.04 Å². The minimum atomic E-state index is -0.720. The number of aliphatic carboxylic acids is 1. The minimum Gasteiger partial charge on any atom is -0.480 e. The Bertz CT molecular complexity index is 151. The molecule has 1 fully saturated rings. The molecule has 0 amide bonds. The number of rotatable bonds is 1. The summed E-state index contributed by atoms with van der Waals surface area (Å²) in [5.74, 6) is -0.720. The third kappa shape index (κ3) is 9.30. The van der Waals surface area contributed by atoms with Gasteiger partial charge in [0, 0.05) is 0 Å². The van der Waals surface area contributed by atoms with E-state index >= 15 is 0 Å². The first-order valence-electron chi connectivity index (χ1n) is 4.49. The van der Waals surface area contributed by atoms with Gasteiger partial charge in [0.05, 0.1) is 5.60 Å². The zero-order valence-electron chi connectivity index (χ0n) is 8.50. The molecule has 78 valence electrons. The summed E-state index contributed by atoms with van der Waals surface area (Å²) >= 11 is 0. The van der Waals surface area contributed by atoms with Crippen LogP contribution in [0.25, 0.3) is 0 Å². The lowest BCUT2D eigenvalue weighted by atomic mass is 10.2. The highest BCUT2D eigenvalue weighted by Crippen LogP contribution is 2.03. The Labute approximate surface area is 79.0 Å². The smallest absolute Gasteiger partial charge is 0.320 e. The minimum absolute atomic E-state index is 0.269. The molecule has 1 saturated heterocycles. The number of carbonyl (C=O) groups is 1. The largest absolute Gasteiger partial charge is 0.480 e. The van der Waals surface area contributed by atoms with Gasteiger partial charge in [0.15, 0.2) is 0 Å². The van der Waals surface area contributed by atoms with Gasteiger partial charge in [0.1, 0.15) is 6.04 Å². The Hall–Kier alpha value is -0.610. The lowest BCUT2D eigenvalue weighted by Crippen LogP contribution is -2.29. The maximum atomic E-state index is 10.1. The van der Waals surface area contributed by atoms with Crippen LogP contribution in [0.2, 0.25) is 0 Å². The van der Waals surface area contributed by atoms with Crippen LogP contribution in [0.5, 0.6) is 0 Å². The highest BCUT2D eigenvalue weighted by Gasteiger charge is 2.20. The van der Waals surface area contributed by atoms with Crippen LogP contribution in [0, 0.1) is 0 Å². The van der Waals surface area contributed by atoms with E-state index in [9.17, 15) is 4.79 Å². The third-order valence-electron chi connectivity index (χ3n) is 1.36. The molecule has 1 unspecified atom stereocenters. The predicted octanol–water partition coefficient (Wildman–Crippen LogP) is 0.600. The van der Waals surface area contributed by atoms with Crippen molar-refractivity contribution in [2.45, 2.75) is 45.3 Å². The zero-order valence-corrected chi connectivity index (χ0v) is 8.50. The average Bonchev–Trinajstić information content (AvgIpc) is 2.31. The van der Waals surface area contributed by atoms with Crippen LogP contribution in [0.3, 0.4) is 0 Å². The number of aliphatic hydroxyl groups is 1. The van der Waals surface area contributed by atoms with Crippen LogP contribution >= 0.6 is 0 Å². The lowest BCUT2D eigenvalue weighted by Gasteiger charge is -2.04. The molecule has 0 saturated carbocycles. The Balaban J connectivity index is 0.000000252. The Morgan fingerprint density at radius 1 is 1.46 bits per heavy atom. The van der Waals surface area contributed by atoms with Gasteiger partial charge in [-0.15, -0.1) is 0 Å². The quantitative estimate of drug-likeness (QED) is 0.565. The van der Waals surface area contributed by atoms with Crippen molar-refractivity contribution in [3.63, 3.8) is 0 Å². The summed E-state index contributed by atoms with van der Waals surface area (Å²) in [6.45, 7) is 6.09. The Kier molecular flexibility index (Phi) is 4.95. The second-order valence-corrected chi connectivity index (χ2v) is 4.16. The molecule has 1 aliphatic rings. The molecule has 4 nitrogen and oxygen atoms in total. The molecule has 3 N–H and O–H groups in total. The van der Waals surface area contributed by atoms with Gasteiger partial charge < -0.3 is 15.5 Å². The molecule has 4 heteroatoms. The molecule has 0 radical (unpaired) electrons. The van der Waals surface area contributed by atoms with Crippen molar-refractivity contribution in [2.24, 2.45) is 0 Å². The number of nitrogens with one attached hydrogen (secondary N) is 1. The second kappa shape index (κ2) is 5.19. The fourth-order valence-corrected chi connectivity index (χ4v) is 0.895. The number of carboxylic acid groups (broad SMARTS) is 1. The number of carboxylic acids is 1. The van der Waals surface area contributed by atoms with Crippen molar-refractivity contribution in [3.05, 3.63) is 0 Å². The van der Waals surface area contributed by atoms with Gasteiger partial charge in [-0.25, -0.2) is 0 Å². The van der Waals surface area contributed by atoms with Gasteiger partial charge in [-0.05, 0) is 40.2 Å². The van der Waals surface area contributed by atoms with Gasteiger partial charge in [0.2, 0.25) is 0 Å². The molecule has 0 aliphatic carbocycles. The summed E-state index contributed by atoms with van der Waals surface area (Å²) in [5, 5.41) is 19.7. The average molecular weight is 189 g/mol. The first-order valence-corrected chi connectivity index (χ1v) is 4.49. The van der Waals surface area contributed by atoms with Gasteiger partial charge in [-0.3, -0.25) is 4.79 Å². The molecule has 1 atom stereocenters. The molecule has 1 heterocycles. The van der Waals surface area contributed by atoms with Crippen LogP contribution in [0.4, 0.5) is 0 Å². The van der Waals surface area contributed by atoms with Crippen molar-refractivity contribution in [1.82, 2.24) is 5.32 Å². The van der Waals surface area contributed by atoms with Crippen molar-refractivity contribution in [2.75, 3.05) is 6.54 Å². The van der Waals surface area contributed by atoms with E-state index in [1.54, 1.807) is 20.8 Å². The summed E-state index contributed by atoms with van der Waals surface area (Å²) in [5.41, 5.74) is -0.500. The first-order chi connectivity index (χ1) is 5.80. The molecule has 1 aliphatic heterocycles. The fraction of sp³-hybridized carbons (Fsp3) is 0.889. The summed E-state index contributed by atoms with van der Waals surface area (Å²) in [6, 6.07) is -0.269. The maximum Gasteiger partial charge on any atom is 0.320 e. The van der Waals surface area contributed by atoms with Crippen molar-refractivity contribution < 1.29 is 15.0 Å². The number of hydrogen-bond acceptors (Lipinski definition) is 3. The molecule has 1 rings (SSSR count). The molecule has 0 spiro atoms. The molecule has 0 aromatic carbocycles. The molecule has 13 heavy (non-hydrogen) atoms. The van der Waals surface area contributed by atoms with E-state index in [1.807, 2.05) is 0 Å². The van der Waals surface area contributed by atoms with E-state index in [0.29, 0.717) is 0 Å². The van der Waals surface area contributed by atoms with E-state index in [4.69, 9.17) is 10.2 Å². The molecular formula is C9H19NO3. The van der Waals surface area contributed by atoms with Crippen LogP contribution in [0.15, 0.2) is 0 Å². The zero-order chi connectivity index (χ0) is 10.5. The molecule has 0 bridgehead atoms. The topological polar surface area (TPSA) is 69.6 Å². The summed E-state index contributed by atoms with van der Waals surface area (Å²) in [6.07, 6.45) is 1.78. The van der Waals surface area contributed by atoms with Gasteiger partial charge in [-0.2, -0.15) is 0 Å². The van der Waals surface area contributed by atoms with Gasteiger partial charge in [-0.1, -0.05) is 0 Å². The molecule has 0 aromatic heterocycles. The molecular weight excluding hydrogens is 170 g/mol. The SMILES string of the molecule is CC(C)(C)O.O=C(O)C1CCCN1. The highest BCUT2D eigenvalue weighted by atomic mass is 16.4. The van der Waals surface area contributed by atoms with E-state index < -0.39 is 11.6 Å². The van der Waals surface area contributed by atoms with Crippen molar-refractivity contribution in [1.29, 1.82) is 0 Å². The van der Waals surface area contributed by atoms with Crippen molar-refractivity contribution in [3.8, 4) is 0 Å². The summed E-state index contributed by atoms with van der Waals surface area (Å²) in [4.78, 5) is 10.1. The van der Waals surface area contributed by atoms with Crippen LogP contribution in [-0.4, -0.2) is 34.4 Å². The van der Waals surface area contributed by atoms with Gasteiger partial charge in [0.25, 0.3) is 0 Å². The van der Waals surface area contributed by atoms with E-state index in [2.05, 4.69) is 5.32 Å². The normalized spacial score (nSPS) is 22.0. The monoisotopic (exact) mass is 189 g/mol. The number of hydrogen-bond donors (Lipinski definition) is 3. The Morgan fingerprint density at radius 3 is 2.08 bits per heavy atom. The summed E-state index contributed by atoms with van der Waals surface area (Å²) < 4.78 is 0. The third-order valence-corrected chi connectivity index (χ3v) is 1.36. The predicted molar refractivity (Wildman–Crippen MR) is 50.6 cm³/mol. The second-order valence-electron chi connectivity index (χ2n) is 4.16. The van der Waals surface area contributed by atoms with Crippen LogP contribution in [-0.2, 0) is 4.79 Å². The van der Waals surface area contributed by atoms with Gasteiger partial charge >= 0.3 is 5.97 Å². The van der Waals surface area contributed by atoms with E-state index in [1.165, 1.54) is 0 Å².